The molecule has 2 aromatic rings. The van der Waals surface area contributed by atoms with Gasteiger partial charge < -0.3 is 5.73 Å². The van der Waals surface area contributed by atoms with Crippen LogP contribution in [0.1, 0.15) is 17.2 Å². The van der Waals surface area contributed by atoms with E-state index in [9.17, 15) is 4.39 Å². The lowest BCUT2D eigenvalue weighted by atomic mass is 9.99. The first kappa shape index (κ1) is 14.0. The van der Waals surface area contributed by atoms with Crippen LogP contribution in [0.25, 0.3) is 0 Å². The van der Waals surface area contributed by atoms with Crippen LogP contribution in [0.2, 0.25) is 5.02 Å². The van der Waals surface area contributed by atoms with Gasteiger partial charge >= 0.3 is 0 Å². The van der Waals surface area contributed by atoms with Crippen molar-refractivity contribution in [3.05, 3.63) is 67.3 Å². The van der Waals surface area contributed by atoms with E-state index in [2.05, 4.69) is 31.9 Å². The fourth-order valence-corrected chi connectivity index (χ4v) is 2.83. The van der Waals surface area contributed by atoms with Crippen LogP contribution in [-0.2, 0) is 0 Å². The van der Waals surface area contributed by atoms with E-state index in [0.29, 0.717) is 10.6 Å². The van der Waals surface area contributed by atoms with Crippen LogP contribution in [0, 0.1) is 5.82 Å². The number of halogens is 4. The Morgan fingerprint density at radius 1 is 1.06 bits per heavy atom. The molecule has 0 saturated carbocycles. The SMILES string of the molecule is NC(c1ccc(F)cc1Cl)c1cc(Br)ccc1Br. The second-order valence-electron chi connectivity index (χ2n) is 3.81. The predicted octanol–water partition coefficient (Wildman–Crippen LogP) is 5.05. The Balaban J connectivity index is 2.47. The zero-order valence-electron chi connectivity index (χ0n) is 9.13. The molecule has 0 aliphatic heterocycles. The monoisotopic (exact) mass is 391 g/mol. The summed E-state index contributed by atoms with van der Waals surface area (Å²) in [6, 6.07) is 9.54. The van der Waals surface area contributed by atoms with E-state index in [4.69, 9.17) is 17.3 Å². The zero-order chi connectivity index (χ0) is 13.3. The van der Waals surface area contributed by atoms with E-state index in [1.165, 1.54) is 12.1 Å². The lowest BCUT2D eigenvalue weighted by Crippen LogP contribution is -2.13. The molecule has 5 heteroatoms. The number of hydrogen-bond donors (Lipinski definition) is 1. The number of hydrogen-bond acceptors (Lipinski definition) is 1. The Morgan fingerprint density at radius 3 is 2.44 bits per heavy atom. The number of rotatable bonds is 2. The van der Waals surface area contributed by atoms with Gasteiger partial charge in [-0.1, -0.05) is 49.5 Å². The second-order valence-corrected chi connectivity index (χ2v) is 5.99. The molecule has 0 amide bonds. The molecule has 18 heavy (non-hydrogen) atoms. The highest BCUT2D eigenvalue weighted by molar-refractivity contribution is 9.11. The maximum atomic E-state index is 13.0. The van der Waals surface area contributed by atoms with Gasteiger partial charge in [-0.2, -0.15) is 0 Å². The summed E-state index contributed by atoms with van der Waals surface area (Å²) in [5.74, 6) is -0.371. The van der Waals surface area contributed by atoms with E-state index in [0.717, 1.165) is 14.5 Å². The summed E-state index contributed by atoms with van der Waals surface area (Å²) in [5, 5.41) is 0.328. The first-order valence-electron chi connectivity index (χ1n) is 5.14. The summed E-state index contributed by atoms with van der Waals surface area (Å²) in [5.41, 5.74) is 7.76. The third-order valence-electron chi connectivity index (χ3n) is 2.59. The Morgan fingerprint density at radius 2 is 1.78 bits per heavy atom. The fraction of sp³-hybridized carbons (Fsp3) is 0.0769. The number of nitrogens with two attached hydrogens (primary N) is 1. The van der Waals surface area contributed by atoms with Crippen LogP contribution in [0.4, 0.5) is 4.39 Å². The highest BCUT2D eigenvalue weighted by Crippen LogP contribution is 2.32. The molecule has 1 nitrogen and oxygen atoms in total. The summed E-state index contributed by atoms with van der Waals surface area (Å²) in [6.45, 7) is 0. The van der Waals surface area contributed by atoms with Gasteiger partial charge in [0.15, 0.2) is 0 Å². The third-order valence-corrected chi connectivity index (χ3v) is 4.13. The average Bonchev–Trinajstić information content (AvgIpc) is 2.31. The van der Waals surface area contributed by atoms with Crippen LogP contribution in [-0.4, -0.2) is 0 Å². The molecule has 94 valence electrons. The summed E-state index contributed by atoms with van der Waals surface area (Å²) in [4.78, 5) is 0. The van der Waals surface area contributed by atoms with E-state index in [1.807, 2.05) is 18.2 Å². The van der Waals surface area contributed by atoms with E-state index in [-0.39, 0.29) is 5.82 Å². The van der Waals surface area contributed by atoms with Gasteiger partial charge in [-0.25, -0.2) is 4.39 Å². The maximum Gasteiger partial charge on any atom is 0.124 e. The van der Waals surface area contributed by atoms with Gasteiger partial charge in [-0.3, -0.25) is 0 Å². The lowest BCUT2D eigenvalue weighted by Gasteiger charge is -2.16. The quantitative estimate of drug-likeness (QED) is 0.759. The van der Waals surface area contributed by atoms with Crippen molar-refractivity contribution in [1.82, 2.24) is 0 Å². The van der Waals surface area contributed by atoms with E-state index < -0.39 is 6.04 Å². The number of benzene rings is 2. The summed E-state index contributed by atoms with van der Waals surface area (Å²) >= 11 is 12.9. The van der Waals surface area contributed by atoms with E-state index in [1.54, 1.807) is 6.07 Å². The minimum absolute atomic E-state index is 0.328. The largest absolute Gasteiger partial charge is 0.320 e. The average molecular weight is 393 g/mol. The van der Waals surface area contributed by atoms with Gasteiger partial charge in [-0.15, -0.1) is 0 Å². The summed E-state index contributed by atoms with van der Waals surface area (Å²) in [6.07, 6.45) is 0. The van der Waals surface area contributed by atoms with Crippen LogP contribution in [0.5, 0.6) is 0 Å². The van der Waals surface area contributed by atoms with Crippen LogP contribution in [0.3, 0.4) is 0 Å². The van der Waals surface area contributed by atoms with Crippen molar-refractivity contribution < 1.29 is 4.39 Å². The molecule has 0 aromatic heterocycles. The molecule has 0 heterocycles. The smallest absolute Gasteiger partial charge is 0.124 e. The maximum absolute atomic E-state index is 13.0. The van der Waals surface area contributed by atoms with Gasteiger partial charge in [-0.05, 0) is 41.5 Å². The Bertz CT molecular complexity index is 589. The zero-order valence-corrected chi connectivity index (χ0v) is 13.1. The Labute approximate surface area is 126 Å². The molecule has 0 bridgehead atoms. The highest BCUT2D eigenvalue weighted by atomic mass is 79.9. The van der Waals surface area contributed by atoms with Crippen LogP contribution in [0.15, 0.2) is 45.3 Å². The minimum Gasteiger partial charge on any atom is -0.320 e. The first-order valence-corrected chi connectivity index (χ1v) is 7.11. The molecule has 0 spiro atoms. The van der Waals surface area contributed by atoms with Crippen molar-refractivity contribution in [3.8, 4) is 0 Å². The molecule has 0 aliphatic rings. The van der Waals surface area contributed by atoms with Gasteiger partial charge in [0.1, 0.15) is 5.82 Å². The Hall–Kier alpha value is -0.420. The highest BCUT2D eigenvalue weighted by Gasteiger charge is 2.16. The molecule has 0 radical (unpaired) electrons. The van der Waals surface area contributed by atoms with Gasteiger partial charge in [0.2, 0.25) is 0 Å². The lowest BCUT2D eigenvalue weighted by molar-refractivity contribution is 0.626. The fourth-order valence-electron chi connectivity index (χ4n) is 1.67. The molecule has 2 rings (SSSR count). The molecule has 2 N–H and O–H groups in total. The first-order chi connectivity index (χ1) is 8.49. The van der Waals surface area contributed by atoms with Crippen molar-refractivity contribution in [2.75, 3.05) is 0 Å². The molecule has 1 unspecified atom stereocenters. The topological polar surface area (TPSA) is 26.0 Å². The van der Waals surface area contributed by atoms with Crippen molar-refractivity contribution in [1.29, 1.82) is 0 Å². The molecule has 0 aliphatic carbocycles. The molecule has 0 fully saturated rings. The summed E-state index contributed by atoms with van der Waals surface area (Å²) in [7, 11) is 0. The minimum atomic E-state index is -0.412. The van der Waals surface area contributed by atoms with Gasteiger partial charge in [0.05, 0.1) is 6.04 Å². The third kappa shape index (κ3) is 2.94. The van der Waals surface area contributed by atoms with Crippen molar-refractivity contribution in [3.63, 3.8) is 0 Å². The van der Waals surface area contributed by atoms with Crippen molar-refractivity contribution in [2.45, 2.75) is 6.04 Å². The molecule has 1 atom stereocenters. The van der Waals surface area contributed by atoms with Crippen molar-refractivity contribution in [2.24, 2.45) is 5.73 Å². The van der Waals surface area contributed by atoms with Gasteiger partial charge in [0.25, 0.3) is 0 Å². The molecular weight excluding hydrogens is 384 g/mol. The van der Waals surface area contributed by atoms with Gasteiger partial charge in [0, 0.05) is 14.0 Å². The van der Waals surface area contributed by atoms with Crippen molar-refractivity contribution >= 4 is 43.5 Å². The Kier molecular flexibility index (Phi) is 4.43. The predicted molar refractivity (Wildman–Crippen MR) is 79.3 cm³/mol. The molecule has 2 aromatic carbocycles. The molecule has 0 saturated heterocycles. The van der Waals surface area contributed by atoms with Crippen LogP contribution >= 0.6 is 43.5 Å². The standard InChI is InChI=1S/C13H9Br2ClFN/c14-7-1-4-11(15)10(5-7)13(18)9-3-2-8(17)6-12(9)16/h1-6,13H,18H2. The summed E-state index contributed by atoms with van der Waals surface area (Å²) < 4.78 is 14.8. The second kappa shape index (κ2) is 5.70. The molecular formula is C13H9Br2ClFN. The van der Waals surface area contributed by atoms with Crippen LogP contribution < -0.4 is 5.73 Å². The van der Waals surface area contributed by atoms with E-state index >= 15 is 0 Å². The normalized spacial score (nSPS) is 12.5.